The summed E-state index contributed by atoms with van der Waals surface area (Å²) >= 11 is 0. The summed E-state index contributed by atoms with van der Waals surface area (Å²) in [6.07, 6.45) is 2.54. The maximum absolute atomic E-state index is 11.8. The smallest absolute Gasteiger partial charge is 0.249 e. The van der Waals surface area contributed by atoms with Crippen LogP contribution in [0.3, 0.4) is 0 Å². The van der Waals surface area contributed by atoms with Crippen LogP contribution >= 0.6 is 0 Å². The number of primary amides is 1. The number of anilines is 2. The molecule has 0 radical (unpaired) electrons. The Morgan fingerprint density at radius 1 is 1.22 bits per heavy atom. The van der Waals surface area contributed by atoms with Crippen LogP contribution in [0.25, 0.3) is 16.9 Å². The molecular formula is C24H23N5O3. The lowest BCUT2D eigenvalue weighted by Gasteiger charge is -2.26. The molecule has 3 heterocycles. The predicted octanol–water partition coefficient (Wildman–Crippen LogP) is 2.85. The van der Waals surface area contributed by atoms with Crippen molar-refractivity contribution in [3.05, 3.63) is 77.1 Å². The SMILES string of the molecule is CN(c1cccc(CO)c1)c1nc(-n2ccc3c(C(N)=O)cccc32)nc2c1COCC2. The zero-order chi connectivity index (χ0) is 22.2. The second-order valence-electron chi connectivity index (χ2n) is 7.75. The molecule has 0 atom stereocenters. The van der Waals surface area contributed by atoms with Gasteiger partial charge in [-0.25, -0.2) is 4.98 Å². The van der Waals surface area contributed by atoms with E-state index in [4.69, 9.17) is 20.4 Å². The highest BCUT2D eigenvalue weighted by Gasteiger charge is 2.23. The van der Waals surface area contributed by atoms with Crippen molar-refractivity contribution >= 4 is 28.3 Å². The molecule has 1 aliphatic rings. The lowest BCUT2D eigenvalue weighted by Crippen LogP contribution is -2.22. The molecule has 0 fully saturated rings. The molecule has 0 saturated carbocycles. The van der Waals surface area contributed by atoms with Crippen molar-refractivity contribution in [2.24, 2.45) is 5.73 Å². The quantitative estimate of drug-likeness (QED) is 0.505. The molecule has 3 N–H and O–H groups in total. The first-order valence-electron chi connectivity index (χ1n) is 10.4. The number of aliphatic hydroxyl groups excluding tert-OH is 1. The van der Waals surface area contributed by atoms with E-state index in [-0.39, 0.29) is 6.61 Å². The molecule has 8 nitrogen and oxygen atoms in total. The van der Waals surface area contributed by atoms with Crippen LogP contribution in [0.1, 0.15) is 27.2 Å². The highest BCUT2D eigenvalue weighted by atomic mass is 16.5. The summed E-state index contributed by atoms with van der Waals surface area (Å²) in [4.78, 5) is 23.6. The zero-order valence-electron chi connectivity index (χ0n) is 17.7. The molecule has 32 heavy (non-hydrogen) atoms. The Morgan fingerprint density at radius 2 is 2.06 bits per heavy atom. The maximum atomic E-state index is 11.8. The fourth-order valence-corrected chi connectivity index (χ4v) is 4.13. The molecule has 0 saturated heterocycles. The van der Waals surface area contributed by atoms with Crippen LogP contribution in [0.2, 0.25) is 0 Å². The molecule has 0 spiro atoms. The van der Waals surface area contributed by atoms with E-state index in [1.807, 2.05) is 59.1 Å². The zero-order valence-corrected chi connectivity index (χ0v) is 17.7. The van der Waals surface area contributed by atoms with Crippen molar-refractivity contribution in [1.82, 2.24) is 14.5 Å². The van der Waals surface area contributed by atoms with Gasteiger partial charge in [-0.05, 0) is 35.9 Å². The van der Waals surface area contributed by atoms with Gasteiger partial charge in [0.05, 0.1) is 31.0 Å². The number of carbonyl (C=O) groups excluding carboxylic acids is 1. The van der Waals surface area contributed by atoms with Crippen molar-refractivity contribution in [2.75, 3.05) is 18.6 Å². The predicted molar refractivity (Wildman–Crippen MR) is 121 cm³/mol. The van der Waals surface area contributed by atoms with E-state index in [1.54, 1.807) is 12.1 Å². The fourth-order valence-electron chi connectivity index (χ4n) is 4.13. The number of fused-ring (bicyclic) bond motifs is 2. The fraction of sp³-hybridized carbons (Fsp3) is 0.208. The van der Waals surface area contributed by atoms with Crippen molar-refractivity contribution in [1.29, 1.82) is 0 Å². The third-order valence-corrected chi connectivity index (χ3v) is 5.80. The molecule has 2 aromatic carbocycles. The Hall–Kier alpha value is -3.75. The van der Waals surface area contributed by atoms with E-state index in [0.717, 1.165) is 39.2 Å². The highest BCUT2D eigenvalue weighted by molar-refractivity contribution is 6.06. The highest BCUT2D eigenvalue weighted by Crippen LogP contribution is 2.32. The topological polar surface area (TPSA) is 106 Å². The molecule has 162 valence electrons. The summed E-state index contributed by atoms with van der Waals surface area (Å²) in [5, 5.41) is 10.3. The Balaban J connectivity index is 1.68. The van der Waals surface area contributed by atoms with Crippen molar-refractivity contribution in [2.45, 2.75) is 19.6 Å². The number of nitrogens with two attached hydrogens (primary N) is 1. The van der Waals surface area contributed by atoms with Crippen LogP contribution in [0.5, 0.6) is 0 Å². The lowest BCUT2D eigenvalue weighted by atomic mass is 10.1. The monoisotopic (exact) mass is 429 g/mol. The minimum Gasteiger partial charge on any atom is -0.392 e. The molecule has 5 rings (SSSR count). The number of hydrogen-bond donors (Lipinski definition) is 2. The summed E-state index contributed by atoms with van der Waals surface area (Å²) in [7, 11) is 1.94. The molecule has 8 heteroatoms. The molecule has 0 unspecified atom stereocenters. The summed E-state index contributed by atoms with van der Waals surface area (Å²) in [5.74, 6) is 0.788. The van der Waals surface area contributed by atoms with Gasteiger partial charge in [0.1, 0.15) is 5.82 Å². The van der Waals surface area contributed by atoms with Crippen molar-refractivity contribution in [3.8, 4) is 5.95 Å². The average molecular weight is 429 g/mol. The number of ether oxygens (including phenoxy) is 1. The summed E-state index contributed by atoms with van der Waals surface area (Å²) in [6, 6.07) is 15.0. The first-order valence-corrected chi connectivity index (χ1v) is 10.4. The number of hydrogen-bond acceptors (Lipinski definition) is 6. The van der Waals surface area contributed by atoms with Crippen LogP contribution in [0, 0.1) is 0 Å². The Morgan fingerprint density at radius 3 is 2.88 bits per heavy atom. The average Bonchev–Trinajstić information content (AvgIpc) is 3.27. The van der Waals surface area contributed by atoms with Gasteiger partial charge in [0.25, 0.3) is 0 Å². The maximum Gasteiger partial charge on any atom is 0.249 e. The van der Waals surface area contributed by atoms with Crippen LogP contribution in [0.15, 0.2) is 54.7 Å². The molecular weight excluding hydrogens is 406 g/mol. The number of aliphatic hydroxyl groups is 1. The number of amides is 1. The molecule has 1 amide bonds. The van der Waals surface area contributed by atoms with E-state index < -0.39 is 5.91 Å². The number of carbonyl (C=O) groups is 1. The third-order valence-electron chi connectivity index (χ3n) is 5.80. The van der Waals surface area contributed by atoms with E-state index in [2.05, 4.69) is 0 Å². The van der Waals surface area contributed by atoms with Crippen molar-refractivity contribution in [3.63, 3.8) is 0 Å². The summed E-state index contributed by atoms with van der Waals surface area (Å²) in [5.41, 5.74) is 10.4. The minimum absolute atomic E-state index is 0.0323. The summed E-state index contributed by atoms with van der Waals surface area (Å²) < 4.78 is 7.58. The van der Waals surface area contributed by atoms with Crippen LogP contribution < -0.4 is 10.6 Å². The normalized spacial score (nSPS) is 13.2. The standard InChI is InChI=1S/C24H23N5O3/c1-28(16-5-2-4-15(12-16)13-30)23-19-14-32-11-9-20(19)26-24(27-23)29-10-8-17-18(22(25)31)6-3-7-21(17)29/h2-8,10,12,30H,9,11,13-14H2,1H3,(H2,25,31). The van der Waals surface area contributed by atoms with Gasteiger partial charge in [0.15, 0.2) is 0 Å². The van der Waals surface area contributed by atoms with Gasteiger partial charge in [-0.1, -0.05) is 18.2 Å². The third kappa shape index (κ3) is 3.39. The second-order valence-corrected chi connectivity index (χ2v) is 7.75. The van der Waals surface area contributed by atoms with Gasteiger partial charge in [-0.15, -0.1) is 0 Å². The first-order chi connectivity index (χ1) is 15.6. The number of rotatable bonds is 5. The van der Waals surface area contributed by atoms with E-state index >= 15 is 0 Å². The molecule has 0 bridgehead atoms. The van der Waals surface area contributed by atoms with E-state index in [0.29, 0.717) is 31.1 Å². The lowest BCUT2D eigenvalue weighted by molar-refractivity contribution is 0.100. The summed E-state index contributed by atoms with van der Waals surface area (Å²) in [6.45, 7) is 1.01. The Bertz CT molecular complexity index is 1330. The first kappa shape index (κ1) is 20.2. The van der Waals surface area contributed by atoms with E-state index in [9.17, 15) is 9.90 Å². The minimum atomic E-state index is -0.471. The van der Waals surface area contributed by atoms with Gasteiger partial charge < -0.3 is 20.5 Å². The second kappa shape index (κ2) is 8.07. The van der Waals surface area contributed by atoms with Gasteiger partial charge >= 0.3 is 0 Å². The van der Waals surface area contributed by atoms with Gasteiger partial charge in [-0.2, -0.15) is 4.98 Å². The number of benzene rings is 2. The van der Waals surface area contributed by atoms with Crippen molar-refractivity contribution < 1.29 is 14.6 Å². The molecule has 4 aromatic rings. The van der Waals surface area contributed by atoms with Gasteiger partial charge in [0, 0.05) is 41.9 Å². The molecule has 0 aliphatic carbocycles. The molecule has 1 aliphatic heterocycles. The van der Waals surface area contributed by atoms with Crippen LogP contribution in [-0.4, -0.2) is 39.2 Å². The van der Waals surface area contributed by atoms with E-state index in [1.165, 1.54) is 0 Å². The molecule has 2 aromatic heterocycles. The largest absolute Gasteiger partial charge is 0.392 e. The Kier molecular flexibility index (Phi) is 5.08. The van der Waals surface area contributed by atoms with Crippen LogP contribution in [0.4, 0.5) is 11.5 Å². The Labute approximate surface area is 184 Å². The van der Waals surface area contributed by atoms with Gasteiger partial charge in [-0.3, -0.25) is 9.36 Å². The number of nitrogens with zero attached hydrogens (tertiary/aromatic N) is 4. The van der Waals surface area contributed by atoms with Gasteiger partial charge in [0.2, 0.25) is 11.9 Å². The van der Waals surface area contributed by atoms with Crippen LogP contribution in [-0.2, 0) is 24.4 Å². The number of aromatic nitrogens is 3.